The molecule has 0 fully saturated rings. The number of hydrogen-bond donors (Lipinski definition) is 2. The first-order valence-corrected chi connectivity index (χ1v) is 2.49. The molecule has 54 valence electrons. The summed E-state index contributed by atoms with van der Waals surface area (Å²) >= 11 is 0. The van der Waals surface area contributed by atoms with Crippen molar-refractivity contribution in [3.8, 4) is 0 Å². The summed E-state index contributed by atoms with van der Waals surface area (Å²) < 4.78 is 0. The molecular weight excluding hydrogens is 132 g/mol. The predicted octanol–water partition coefficient (Wildman–Crippen LogP) is 1.02. The van der Waals surface area contributed by atoms with E-state index < -0.39 is 0 Å². The Balaban J connectivity index is 4.58. The second kappa shape index (κ2) is 4.31. The fourth-order valence-corrected chi connectivity index (χ4v) is 0.393. The van der Waals surface area contributed by atoms with Crippen LogP contribution in [-0.4, -0.2) is 21.8 Å². The zero-order chi connectivity index (χ0) is 7.98. The number of hydrogen-bond acceptors (Lipinski definition) is 4. The molecule has 0 unspecified atom stereocenters. The highest BCUT2D eigenvalue weighted by Crippen LogP contribution is 1.86. The van der Waals surface area contributed by atoms with Gasteiger partial charge in [0.2, 0.25) is 0 Å². The van der Waals surface area contributed by atoms with Gasteiger partial charge >= 0.3 is 0 Å². The van der Waals surface area contributed by atoms with Crippen LogP contribution in [0.3, 0.4) is 0 Å². The van der Waals surface area contributed by atoms with Gasteiger partial charge in [-0.1, -0.05) is 23.5 Å². The summed E-state index contributed by atoms with van der Waals surface area (Å²) in [6.45, 7) is 6.64. The van der Waals surface area contributed by atoms with Crippen molar-refractivity contribution in [3.63, 3.8) is 0 Å². The Morgan fingerprint density at radius 2 is 1.30 bits per heavy atom. The van der Waals surface area contributed by atoms with Crippen LogP contribution in [0.5, 0.6) is 0 Å². The van der Waals surface area contributed by atoms with Crippen LogP contribution in [0.2, 0.25) is 0 Å². The minimum absolute atomic E-state index is 0.0810. The topological polar surface area (TPSA) is 65.2 Å². The van der Waals surface area contributed by atoms with Crippen LogP contribution in [-0.2, 0) is 0 Å². The monoisotopic (exact) mass is 140 g/mol. The van der Waals surface area contributed by atoms with Gasteiger partial charge in [-0.2, -0.15) is 0 Å². The maximum Gasteiger partial charge on any atom is 0.131 e. The van der Waals surface area contributed by atoms with Crippen molar-refractivity contribution in [2.45, 2.75) is 0 Å². The number of oxime groups is 2. The van der Waals surface area contributed by atoms with Gasteiger partial charge in [0.25, 0.3) is 0 Å². The fraction of sp³-hybridized carbons (Fsp3) is 0. The lowest BCUT2D eigenvalue weighted by Gasteiger charge is -1.92. The van der Waals surface area contributed by atoms with Crippen molar-refractivity contribution in [3.05, 3.63) is 25.3 Å². The number of nitrogens with zero attached hydrogens (tertiary/aromatic N) is 2. The van der Waals surface area contributed by atoms with Crippen molar-refractivity contribution in [1.82, 2.24) is 0 Å². The standard InChI is InChI=1S/C6H8N2O2/c1-3-5(7-9)6(4-2)8-10/h3-4,9-10H,1-2H2. The molecule has 4 nitrogen and oxygen atoms in total. The molecule has 0 atom stereocenters. The van der Waals surface area contributed by atoms with Gasteiger partial charge in [-0.15, -0.1) is 0 Å². The van der Waals surface area contributed by atoms with Gasteiger partial charge in [-0.05, 0) is 12.2 Å². The van der Waals surface area contributed by atoms with Crippen LogP contribution in [0.15, 0.2) is 35.6 Å². The molecule has 2 N–H and O–H groups in total. The van der Waals surface area contributed by atoms with E-state index in [0.29, 0.717) is 0 Å². The number of allylic oxidation sites excluding steroid dienone is 2. The van der Waals surface area contributed by atoms with E-state index in [0.717, 1.165) is 0 Å². The van der Waals surface area contributed by atoms with Crippen LogP contribution in [0.25, 0.3) is 0 Å². The smallest absolute Gasteiger partial charge is 0.131 e. The van der Waals surface area contributed by atoms with Crippen LogP contribution in [0.1, 0.15) is 0 Å². The van der Waals surface area contributed by atoms with Gasteiger partial charge < -0.3 is 10.4 Å². The SMILES string of the molecule is C=CC(=NO)C(C=C)=NO. The Labute approximate surface area is 58.5 Å². The molecule has 4 heteroatoms. The molecule has 0 heterocycles. The van der Waals surface area contributed by atoms with Gasteiger partial charge in [0, 0.05) is 0 Å². The molecule has 0 aliphatic heterocycles. The van der Waals surface area contributed by atoms with Crippen LogP contribution < -0.4 is 0 Å². The normalized spacial score (nSPS) is 12.8. The highest BCUT2D eigenvalue weighted by atomic mass is 16.4. The van der Waals surface area contributed by atoms with Crippen molar-refractivity contribution < 1.29 is 10.4 Å². The Morgan fingerprint density at radius 1 is 1.00 bits per heavy atom. The molecule has 0 saturated heterocycles. The minimum atomic E-state index is 0.0810. The number of rotatable bonds is 3. The quantitative estimate of drug-likeness (QED) is 0.349. The molecule has 0 radical (unpaired) electrons. The van der Waals surface area contributed by atoms with Gasteiger partial charge in [-0.25, -0.2) is 0 Å². The molecule has 0 spiro atoms. The fourth-order valence-electron chi connectivity index (χ4n) is 0.393. The third kappa shape index (κ3) is 1.74. The molecule has 0 saturated carbocycles. The van der Waals surface area contributed by atoms with E-state index in [1.807, 2.05) is 0 Å². The average molecular weight is 140 g/mol. The molecule has 0 aromatic rings. The molecule has 0 aliphatic rings. The van der Waals surface area contributed by atoms with E-state index in [9.17, 15) is 0 Å². The third-order valence-electron chi connectivity index (χ3n) is 0.865. The van der Waals surface area contributed by atoms with Gasteiger partial charge in [-0.3, -0.25) is 0 Å². The van der Waals surface area contributed by atoms with Crippen LogP contribution in [0, 0.1) is 0 Å². The molecule has 0 rings (SSSR count). The lowest BCUT2D eigenvalue weighted by atomic mass is 10.2. The molecule has 0 aromatic carbocycles. The van der Waals surface area contributed by atoms with Crippen molar-refractivity contribution in [2.75, 3.05) is 0 Å². The predicted molar refractivity (Wildman–Crippen MR) is 38.8 cm³/mol. The van der Waals surface area contributed by atoms with E-state index in [-0.39, 0.29) is 11.4 Å². The third-order valence-corrected chi connectivity index (χ3v) is 0.865. The van der Waals surface area contributed by atoms with Crippen LogP contribution >= 0.6 is 0 Å². The molecule has 0 bridgehead atoms. The largest absolute Gasteiger partial charge is 0.410 e. The van der Waals surface area contributed by atoms with Crippen LogP contribution in [0.4, 0.5) is 0 Å². The summed E-state index contributed by atoms with van der Waals surface area (Å²) in [5.41, 5.74) is 0.162. The van der Waals surface area contributed by atoms with E-state index in [2.05, 4.69) is 23.5 Å². The van der Waals surface area contributed by atoms with E-state index in [1.165, 1.54) is 12.2 Å². The summed E-state index contributed by atoms with van der Waals surface area (Å²) in [5, 5.41) is 22.0. The summed E-state index contributed by atoms with van der Waals surface area (Å²) in [6.07, 6.45) is 2.49. The van der Waals surface area contributed by atoms with E-state index in [4.69, 9.17) is 10.4 Å². The molecule has 0 amide bonds. The van der Waals surface area contributed by atoms with Crippen molar-refractivity contribution in [1.29, 1.82) is 0 Å². The first-order chi connectivity index (χ1) is 4.79. The van der Waals surface area contributed by atoms with Gasteiger partial charge in [0.15, 0.2) is 0 Å². The lowest BCUT2D eigenvalue weighted by molar-refractivity contribution is 0.315. The molecule has 10 heavy (non-hydrogen) atoms. The maximum atomic E-state index is 8.24. The first kappa shape index (κ1) is 8.42. The minimum Gasteiger partial charge on any atom is -0.410 e. The maximum absolute atomic E-state index is 8.24. The summed E-state index contributed by atoms with van der Waals surface area (Å²) in [6, 6.07) is 0. The Kier molecular flexibility index (Phi) is 3.63. The zero-order valence-electron chi connectivity index (χ0n) is 5.36. The summed E-state index contributed by atoms with van der Waals surface area (Å²) in [7, 11) is 0. The second-order valence-electron chi connectivity index (χ2n) is 1.38. The highest BCUT2D eigenvalue weighted by Gasteiger charge is 1.99. The molecule has 0 aliphatic carbocycles. The highest BCUT2D eigenvalue weighted by molar-refractivity contribution is 6.49. The van der Waals surface area contributed by atoms with Crippen molar-refractivity contribution >= 4 is 11.4 Å². The molecular formula is C6H8N2O2. The lowest BCUT2D eigenvalue weighted by Crippen LogP contribution is -2.07. The zero-order valence-corrected chi connectivity index (χ0v) is 5.36. The van der Waals surface area contributed by atoms with Gasteiger partial charge in [0.1, 0.15) is 11.4 Å². The molecule has 0 aromatic heterocycles. The summed E-state index contributed by atoms with van der Waals surface area (Å²) in [5.74, 6) is 0. The van der Waals surface area contributed by atoms with Crippen molar-refractivity contribution in [2.24, 2.45) is 10.3 Å². The Morgan fingerprint density at radius 3 is 1.40 bits per heavy atom. The first-order valence-electron chi connectivity index (χ1n) is 2.49. The average Bonchev–Trinajstić information content (AvgIpc) is 2.00. The van der Waals surface area contributed by atoms with E-state index >= 15 is 0 Å². The Bertz CT molecular complexity index is 172. The van der Waals surface area contributed by atoms with Gasteiger partial charge in [0.05, 0.1) is 0 Å². The summed E-state index contributed by atoms with van der Waals surface area (Å²) in [4.78, 5) is 0. The van der Waals surface area contributed by atoms with E-state index in [1.54, 1.807) is 0 Å². The second-order valence-corrected chi connectivity index (χ2v) is 1.38. The Hall–Kier alpha value is -1.58.